The average molecular weight is 466 g/mol. The normalized spacial score (nSPS) is 22.7. The van der Waals surface area contributed by atoms with E-state index in [9.17, 15) is 19.1 Å². The Bertz CT molecular complexity index is 1370. The molecule has 6 rings (SSSR count). The van der Waals surface area contributed by atoms with Crippen molar-refractivity contribution in [3.8, 4) is 5.75 Å². The van der Waals surface area contributed by atoms with Gasteiger partial charge in [0.05, 0.1) is 6.54 Å². The number of halogens is 2. The van der Waals surface area contributed by atoms with Gasteiger partial charge in [-0.3, -0.25) is 19.3 Å². The van der Waals surface area contributed by atoms with Crippen molar-refractivity contribution < 1.29 is 14.3 Å². The highest BCUT2D eigenvalue weighted by atomic mass is 35.5. The second-order valence-electron chi connectivity index (χ2n) is 8.81. The summed E-state index contributed by atoms with van der Waals surface area (Å²) < 4.78 is 15.0. The Balaban J connectivity index is 1.69. The number of nitrogens with zero attached hydrogens (tertiary/aromatic N) is 3. The number of hydrogen-bond acceptors (Lipinski definition) is 4. The number of aromatic hydroxyl groups is 1. The maximum Gasteiger partial charge on any atom is 0.277 e. The number of alkyl halides is 1. The lowest BCUT2D eigenvalue weighted by Gasteiger charge is -2.50. The number of fused-ring (bicyclic) bond motifs is 6. The van der Waals surface area contributed by atoms with E-state index in [-0.39, 0.29) is 24.8 Å². The van der Waals surface area contributed by atoms with Crippen molar-refractivity contribution in [2.45, 2.75) is 18.4 Å². The van der Waals surface area contributed by atoms with Crippen LogP contribution in [-0.2, 0) is 18.4 Å². The third kappa shape index (κ3) is 2.54. The third-order valence-electron chi connectivity index (χ3n) is 7.34. The topological polar surface area (TPSA) is 65.8 Å². The van der Waals surface area contributed by atoms with Crippen LogP contribution in [0, 0.1) is 5.92 Å². The summed E-state index contributed by atoms with van der Waals surface area (Å²) in [5.74, 6) is -1.08. The largest absolute Gasteiger partial charge is 0.502 e. The van der Waals surface area contributed by atoms with Crippen LogP contribution in [0.2, 0.25) is 5.02 Å². The Hall–Kier alpha value is -3.32. The van der Waals surface area contributed by atoms with Gasteiger partial charge in [-0.2, -0.15) is 0 Å². The van der Waals surface area contributed by atoms with E-state index in [2.05, 4.69) is 18.2 Å². The van der Waals surface area contributed by atoms with E-state index in [1.165, 1.54) is 22.7 Å². The summed E-state index contributed by atoms with van der Waals surface area (Å²) in [6, 6.07) is 15.3. The molecular weight excluding hydrogens is 445 g/mol. The average Bonchev–Trinajstić information content (AvgIpc) is 3.30. The van der Waals surface area contributed by atoms with Gasteiger partial charge < -0.3 is 10.0 Å². The van der Waals surface area contributed by atoms with Crippen LogP contribution in [0.15, 0.2) is 59.5 Å². The lowest BCUT2D eigenvalue weighted by Crippen LogP contribution is -2.63. The molecule has 1 N–H and O–H groups in total. The molecule has 2 unspecified atom stereocenters. The first-order valence-corrected chi connectivity index (χ1v) is 11.3. The van der Waals surface area contributed by atoms with Crippen LogP contribution < -0.4 is 10.4 Å². The Kier molecular flexibility index (Phi) is 4.36. The van der Waals surface area contributed by atoms with Crippen LogP contribution in [0.4, 0.5) is 4.39 Å². The third-order valence-corrected chi connectivity index (χ3v) is 7.69. The van der Waals surface area contributed by atoms with E-state index < -0.39 is 29.3 Å². The van der Waals surface area contributed by atoms with Gasteiger partial charge in [-0.25, -0.2) is 4.39 Å². The number of hydrogen-bond donors (Lipinski definition) is 1. The molecule has 2 atom stereocenters. The monoisotopic (exact) mass is 465 g/mol. The van der Waals surface area contributed by atoms with Crippen molar-refractivity contribution in [2.24, 2.45) is 5.92 Å². The zero-order valence-corrected chi connectivity index (χ0v) is 18.4. The molecule has 1 amide bonds. The second-order valence-corrected chi connectivity index (χ2v) is 9.22. The van der Waals surface area contributed by atoms with Crippen LogP contribution in [-0.4, -0.2) is 40.5 Å². The summed E-state index contributed by atoms with van der Waals surface area (Å²) in [6.45, 7) is -0.760. The van der Waals surface area contributed by atoms with Crippen molar-refractivity contribution in [3.63, 3.8) is 0 Å². The molecule has 6 nitrogen and oxygen atoms in total. The molecule has 168 valence electrons. The molecule has 33 heavy (non-hydrogen) atoms. The Morgan fingerprint density at radius 1 is 1.06 bits per heavy atom. The highest BCUT2D eigenvalue weighted by molar-refractivity contribution is 6.31. The molecular formula is C25H21ClFN3O3. The molecule has 0 saturated heterocycles. The molecule has 3 aliphatic rings. The van der Waals surface area contributed by atoms with E-state index in [1.807, 2.05) is 29.3 Å². The second kappa shape index (κ2) is 7.09. The highest BCUT2D eigenvalue weighted by Gasteiger charge is 2.59. The first-order valence-electron chi connectivity index (χ1n) is 10.9. The Labute approximate surface area is 194 Å². The molecule has 0 radical (unpaired) electrons. The van der Waals surface area contributed by atoms with Gasteiger partial charge in [0.1, 0.15) is 18.9 Å². The zero-order chi connectivity index (χ0) is 22.9. The van der Waals surface area contributed by atoms with Crippen LogP contribution in [0.25, 0.3) is 0 Å². The maximum atomic E-state index is 13.4. The van der Waals surface area contributed by atoms with Crippen LogP contribution >= 0.6 is 11.6 Å². The molecule has 0 spiro atoms. The number of rotatable bonds is 3. The fourth-order valence-corrected chi connectivity index (χ4v) is 6.32. The molecule has 2 heterocycles. The standard InChI is InChI=1S/C25H21ClFN3O3/c26-20-7-3-6-19-17(20)13-16-12-15-4-1-2-5-18(15)25(16,19)30-14-28(11-9-27)24(33)22-23(32)21(31)8-10-29(22)30/h1-8,10,16,32H,9,11-14H2. The zero-order valence-electron chi connectivity index (χ0n) is 17.7. The van der Waals surface area contributed by atoms with Crippen molar-refractivity contribution in [3.05, 3.63) is 97.9 Å². The minimum Gasteiger partial charge on any atom is -0.502 e. The lowest BCUT2D eigenvalue weighted by molar-refractivity contribution is 0.0634. The summed E-state index contributed by atoms with van der Waals surface area (Å²) in [5.41, 5.74) is 2.90. The first-order chi connectivity index (χ1) is 16.0. The van der Waals surface area contributed by atoms with E-state index in [4.69, 9.17) is 11.6 Å². The van der Waals surface area contributed by atoms with Gasteiger partial charge in [0.15, 0.2) is 11.4 Å². The van der Waals surface area contributed by atoms with E-state index >= 15 is 0 Å². The van der Waals surface area contributed by atoms with E-state index in [1.54, 1.807) is 4.68 Å². The SMILES string of the molecule is O=C1c2c(O)c(=O)ccn2N(C23c4ccccc4CC2Cc2c(Cl)cccc23)CN1CCF. The number of amides is 1. The quantitative estimate of drug-likeness (QED) is 0.645. The van der Waals surface area contributed by atoms with Crippen molar-refractivity contribution >= 4 is 17.5 Å². The van der Waals surface area contributed by atoms with Gasteiger partial charge >= 0.3 is 0 Å². The predicted octanol–water partition coefficient (Wildman–Crippen LogP) is 3.20. The molecule has 8 heteroatoms. The minimum absolute atomic E-state index is 0.106. The minimum atomic E-state index is -0.729. The lowest BCUT2D eigenvalue weighted by atomic mass is 9.81. The van der Waals surface area contributed by atoms with Crippen LogP contribution in [0.5, 0.6) is 5.75 Å². The molecule has 2 aliphatic carbocycles. The summed E-state index contributed by atoms with van der Waals surface area (Å²) in [5, 5.41) is 13.3. The number of carbonyl (C=O) groups excluding carboxylic acids is 1. The Morgan fingerprint density at radius 3 is 2.67 bits per heavy atom. The van der Waals surface area contributed by atoms with Gasteiger partial charge in [0.25, 0.3) is 5.91 Å². The van der Waals surface area contributed by atoms with Gasteiger partial charge in [0, 0.05) is 23.2 Å². The fourth-order valence-electron chi connectivity index (χ4n) is 6.06. The number of aromatic nitrogens is 1. The van der Waals surface area contributed by atoms with E-state index in [0.717, 1.165) is 29.5 Å². The smallest absolute Gasteiger partial charge is 0.277 e. The summed E-state index contributed by atoms with van der Waals surface area (Å²) in [7, 11) is 0. The summed E-state index contributed by atoms with van der Waals surface area (Å²) in [6.07, 6.45) is 3.09. The summed E-state index contributed by atoms with van der Waals surface area (Å²) in [4.78, 5) is 26.8. The maximum absolute atomic E-state index is 13.4. The van der Waals surface area contributed by atoms with Gasteiger partial charge in [-0.15, -0.1) is 0 Å². The molecule has 0 bridgehead atoms. The molecule has 3 aromatic rings. The predicted molar refractivity (Wildman–Crippen MR) is 122 cm³/mol. The van der Waals surface area contributed by atoms with Crippen molar-refractivity contribution in [1.82, 2.24) is 9.58 Å². The van der Waals surface area contributed by atoms with Crippen molar-refractivity contribution in [1.29, 1.82) is 0 Å². The van der Waals surface area contributed by atoms with Gasteiger partial charge in [-0.05, 0) is 41.2 Å². The molecule has 1 aromatic heterocycles. The first kappa shape index (κ1) is 20.3. The van der Waals surface area contributed by atoms with E-state index in [0.29, 0.717) is 5.02 Å². The van der Waals surface area contributed by atoms with Gasteiger partial charge in [0.2, 0.25) is 5.43 Å². The molecule has 0 saturated carbocycles. The number of benzene rings is 2. The van der Waals surface area contributed by atoms with Crippen molar-refractivity contribution in [2.75, 3.05) is 24.9 Å². The summed E-state index contributed by atoms with van der Waals surface area (Å²) >= 11 is 6.64. The van der Waals surface area contributed by atoms with Crippen LogP contribution in [0.1, 0.15) is 32.7 Å². The Morgan fingerprint density at radius 2 is 1.85 bits per heavy atom. The fraction of sp³-hybridized carbons (Fsp3) is 0.280. The number of carbonyl (C=O) groups is 1. The van der Waals surface area contributed by atoms with Crippen LogP contribution in [0.3, 0.4) is 0 Å². The molecule has 2 aromatic carbocycles. The highest BCUT2D eigenvalue weighted by Crippen LogP contribution is 2.57. The van der Waals surface area contributed by atoms with Gasteiger partial charge in [-0.1, -0.05) is 48.0 Å². The molecule has 0 fully saturated rings. The number of pyridine rings is 1. The molecule has 1 aliphatic heterocycles.